The highest BCUT2D eigenvalue weighted by Crippen LogP contribution is 2.24. The van der Waals surface area contributed by atoms with Crippen molar-refractivity contribution in [3.05, 3.63) is 30.6 Å². The van der Waals surface area contributed by atoms with E-state index in [-0.39, 0.29) is 18.1 Å². The maximum absolute atomic E-state index is 12.4. The Morgan fingerprint density at radius 3 is 2.77 bits per heavy atom. The van der Waals surface area contributed by atoms with Crippen LogP contribution in [-0.4, -0.2) is 51.8 Å². The second kappa shape index (κ2) is 6.62. The van der Waals surface area contributed by atoms with E-state index in [4.69, 9.17) is 4.74 Å². The summed E-state index contributed by atoms with van der Waals surface area (Å²) < 4.78 is 5.67. The number of carbonyl (C=O) groups is 1. The lowest BCUT2D eigenvalue weighted by molar-refractivity contribution is -0.140. The Morgan fingerprint density at radius 2 is 2.00 bits per heavy atom. The van der Waals surface area contributed by atoms with Gasteiger partial charge >= 0.3 is 0 Å². The van der Waals surface area contributed by atoms with Crippen LogP contribution in [0.2, 0.25) is 0 Å². The largest absolute Gasteiger partial charge is 0.372 e. The molecule has 1 amide bonds. The molecule has 22 heavy (non-hydrogen) atoms. The second-order valence-corrected chi connectivity index (χ2v) is 6.50. The summed E-state index contributed by atoms with van der Waals surface area (Å²) in [6.45, 7) is 5.32. The Morgan fingerprint density at radius 1 is 1.27 bits per heavy atom. The molecule has 0 N–H and O–H groups in total. The van der Waals surface area contributed by atoms with Crippen molar-refractivity contribution >= 4 is 28.6 Å². The Kier molecular flexibility index (Phi) is 4.59. The van der Waals surface area contributed by atoms with Gasteiger partial charge in [-0.25, -0.2) is 9.97 Å². The van der Waals surface area contributed by atoms with Crippen molar-refractivity contribution in [1.29, 1.82) is 0 Å². The van der Waals surface area contributed by atoms with E-state index in [0.717, 1.165) is 15.9 Å². The Bertz CT molecular complexity index is 664. The third-order valence-corrected chi connectivity index (χ3v) is 4.60. The molecule has 1 aliphatic rings. The van der Waals surface area contributed by atoms with Gasteiger partial charge in [0.25, 0.3) is 0 Å². The quantitative estimate of drug-likeness (QED) is 0.642. The fraction of sp³-hybridized carbons (Fsp3) is 0.438. The van der Waals surface area contributed by atoms with Gasteiger partial charge in [-0.1, -0.05) is 30.0 Å². The highest BCUT2D eigenvalue weighted by Gasteiger charge is 2.25. The minimum Gasteiger partial charge on any atom is -0.372 e. The lowest BCUT2D eigenvalue weighted by Crippen LogP contribution is -2.48. The summed E-state index contributed by atoms with van der Waals surface area (Å²) in [5.74, 6) is 0.523. The topological polar surface area (TPSA) is 55.3 Å². The van der Waals surface area contributed by atoms with Crippen molar-refractivity contribution in [2.24, 2.45) is 0 Å². The molecule has 1 aromatic heterocycles. The first-order valence-electron chi connectivity index (χ1n) is 7.39. The van der Waals surface area contributed by atoms with Crippen molar-refractivity contribution in [1.82, 2.24) is 14.9 Å². The summed E-state index contributed by atoms with van der Waals surface area (Å²) in [7, 11) is 0. The molecular weight excluding hydrogens is 298 g/mol. The summed E-state index contributed by atoms with van der Waals surface area (Å²) in [6, 6.07) is 7.85. The van der Waals surface area contributed by atoms with Gasteiger partial charge in [0.1, 0.15) is 11.4 Å². The number of thioether (sulfide) groups is 1. The number of amides is 1. The van der Waals surface area contributed by atoms with Crippen LogP contribution < -0.4 is 0 Å². The molecule has 2 heterocycles. The molecule has 0 aliphatic carbocycles. The first kappa shape index (κ1) is 15.2. The number of rotatable bonds is 3. The van der Waals surface area contributed by atoms with Gasteiger partial charge in [-0.05, 0) is 19.9 Å². The molecule has 1 aliphatic heterocycles. The zero-order valence-corrected chi connectivity index (χ0v) is 13.5. The van der Waals surface area contributed by atoms with Gasteiger partial charge in [0.05, 0.1) is 23.5 Å². The number of benzene rings is 1. The molecular formula is C16H19N3O2S. The predicted octanol–water partition coefficient (Wildman–Crippen LogP) is 2.36. The Balaban J connectivity index is 1.67. The van der Waals surface area contributed by atoms with Crippen LogP contribution in [0.4, 0.5) is 0 Å². The van der Waals surface area contributed by atoms with E-state index in [9.17, 15) is 4.79 Å². The summed E-state index contributed by atoms with van der Waals surface area (Å²) in [4.78, 5) is 22.8. The number of hydrogen-bond donors (Lipinski definition) is 0. The average Bonchev–Trinajstić information content (AvgIpc) is 2.51. The van der Waals surface area contributed by atoms with Crippen LogP contribution in [0.5, 0.6) is 0 Å². The highest BCUT2D eigenvalue weighted by molar-refractivity contribution is 8.00. The van der Waals surface area contributed by atoms with Crippen molar-refractivity contribution in [2.75, 3.05) is 18.8 Å². The van der Waals surface area contributed by atoms with Gasteiger partial charge in [-0.15, -0.1) is 0 Å². The van der Waals surface area contributed by atoms with Gasteiger partial charge in [0.15, 0.2) is 0 Å². The van der Waals surface area contributed by atoms with E-state index in [1.54, 1.807) is 6.33 Å². The van der Waals surface area contributed by atoms with Gasteiger partial charge in [0.2, 0.25) is 5.91 Å². The smallest absolute Gasteiger partial charge is 0.233 e. The van der Waals surface area contributed by atoms with Crippen molar-refractivity contribution < 1.29 is 9.53 Å². The molecule has 2 atom stereocenters. The molecule has 3 rings (SSSR count). The monoisotopic (exact) mass is 317 g/mol. The van der Waals surface area contributed by atoms with Crippen molar-refractivity contribution in [2.45, 2.75) is 31.1 Å². The zero-order valence-electron chi connectivity index (χ0n) is 12.7. The van der Waals surface area contributed by atoms with E-state index >= 15 is 0 Å². The van der Waals surface area contributed by atoms with Crippen molar-refractivity contribution in [3.8, 4) is 0 Å². The van der Waals surface area contributed by atoms with E-state index in [1.807, 2.05) is 43.0 Å². The number of hydrogen-bond acceptors (Lipinski definition) is 5. The highest BCUT2D eigenvalue weighted by atomic mass is 32.2. The van der Waals surface area contributed by atoms with Gasteiger partial charge in [-0.2, -0.15) is 0 Å². The van der Waals surface area contributed by atoms with Gasteiger partial charge in [0, 0.05) is 18.5 Å². The summed E-state index contributed by atoms with van der Waals surface area (Å²) in [6.07, 6.45) is 1.74. The number of para-hydroxylation sites is 1. The minimum absolute atomic E-state index is 0.0950. The van der Waals surface area contributed by atoms with Gasteiger partial charge < -0.3 is 9.64 Å². The molecule has 116 valence electrons. The van der Waals surface area contributed by atoms with E-state index in [0.29, 0.717) is 18.8 Å². The Labute approximate surface area is 134 Å². The fourth-order valence-electron chi connectivity index (χ4n) is 2.70. The van der Waals surface area contributed by atoms with Crippen LogP contribution in [0.3, 0.4) is 0 Å². The van der Waals surface area contributed by atoms with Crippen LogP contribution in [0.15, 0.2) is 35.6 Å². The predicted molar refractivity (Wildman–Crippen MR) is 86.9 cm³/mol. The molecule has 1 aromatic carbocycles. The summed E-state index contributed by atoms with van der Waals surface area (Å²) in [5.41, 5.74) is 0.904. The number of nitrogens with zero attached hydrogens (tertiary/aromatic N) is 3. The molecule has 6 heteroatoms. The lowest BCUT2D eigenvalue weighted by Gasteiger charge is -2.35. The molecule has 0 radical (unpaired) electrons. The number of ether oxygens (including phenoxy) is 1. The van der Waals surface area contributed by atoms with Crippen molar-refractivity contribution in [3.63, 3.8) is 0 Å². The van der Waals surface area contributed by atoms with Gasteiger partial charge in [-0.3, -0.25) is 4.79 Å². The molecule has 0 bridgehead atoms. The third-order valence-electron chi connectivity index (χ3n) is 3.61. The molecule has 1 saturated heterocycles. The number of aromatic nitrogens is 2. The Hall–Kier alpha value is -1.66. The van der Waals surface area contributed by atoms with Crippen LogP contribution in [0.1, 0.15) is 13.8 Å². The third kappa shape index (κ3) is 3.39. The summed E-state index contributed by atoms with van der Waals surface area (Å²) in [5, 5.41) is 1.85. The first-order valence-corrected chi connectivity index (χ1v) is 8.38. The molecule has 0 saturated carbocycles. The maximum atomic E-state index is 12.4. The van der Waals surface area contributed by atoms with Crippen LogP contribution in [0.25, 0.3) is 10.9 Å². The van der Waals surface area contributed by atoms with Crippen LogP contribution in [0, 0.1) is 0 Å². The fourth-order valence-corrected chi connectivity index (χ4v) is 3.59. The maximum Gasteiger partial charge on any atom is 0.233 e. The average molecular weight is 317 g/mol. The molecule has 2 aromatic rings. The minimum atomic E-state index is 0.0950. The molecule has 0 unspecified atom stereocenters. The zero-order chi connectivity index (χ0) is 15.5. The lowest BCUT2D eigenvalue weighted by atomic mass is 10.2. The molecule has 1 fully saturated rings. The van der Waals surface area contributed by atoms with E-state index in [1.165, 1.54) is 11.8 Å². The normalized spacial score (nSPS) is 22.0. The van der Waals surface area contributed by atoms with Crippen LogP contribution in [-0.2, 0) is 9.53 Å². The first-order chi connectivity index (χ1) is 10.6. The van der Waals surface area contributed by atoms with Crippen LogP contribution >= 0.6 is 11.8 Å². The molecule has 0 spiro atoms. The van der Waals surface area contributed by atoms with E-state index < -0.39 is 0 Å². The summed E-state index contributed by atoms with van der Waals surface area (Å²) >= 11 is 1.47. The number of morpholine rings is 1. The SMILES string of the molecule is C[C@H]1CN(C(=O)CSc2ncnc3ccccc23)C[C@H](C)O1. The molecule has 5 nitrogen and oxygen atoms in total. The second-order valence-electron chi connectivity index (χ2n) is 5.54. The standard InChI is InChI=1S/C16H19N3O2S/c1-11-7-19(8-12(2)21-11)15(20)9-22-16-13-5-3-4-6-14(13)17-10-18-16/h3-6,10-12H,7-9H2,1-2H3/t11-,12-/m0/s1. The number of fused-ring (bicyclic) bond motifs is 1. The van der Waals surface area contributed by atoms with E-state index in [2.05, 4.69) is 9.97 Å². The number of carbonyl (C=O) groups excluding carboxylic acids is 1.